The Bertz CT molecular complexity index is 1120. The number of para-hydroxylation sites is 1. The maximum absolute atomic E-state index is 13.3. The van der Waals surface area contributed by atoms with Crippen molar-refractivity contribution in [2.24, 2.45) is 5.92 Å². The lowest BCUT2D eigenvalue weighted by atomic mass is 9.96. The summed E-state index contributed by atoms with van der Waals surface area (Å²) in [6.45, 7) is 3.82. The highest BCUT2D eigenvalue weighted by molar-refractivity contribution is 5.89. The summed E-state index contributed by atoms with van der Waals surface area (Å²) >= 11 is 0. The van der Waals surface area contributed by atoms with Gasteiger partial charge in [-0.05, 0) is 49.1 Å². The van der Waals surface area contributed by atoms with Crippen LogP contribution in [0.2, 0.25) is 0 Å². The Morgan fingerprint density at radius 1 is 1.17 bits per heavy atom. The lowest BCUT2D eigenvalue weighted by Crippen LogP contribution is -2.42. The number of piperidine rings is 1. The fourth-order valence-corrected chi connectivity index (χ4v) is 4.02. The first kappa shape index (κ1) is 20.1. The van der Waals surface area contributed by atoms with Gasteiger partial charge in [0.2, 0.25) is 0 Å². The number of hydrogen-bond donors (Lipinski definition) is 1. The number of carbonyl (C=O) groups is 1. The SMILES string of the molecule is CCc1nc2ccccc2c(=O)n1CC1CCN(C(=O)Nc2cccc(F)c2)CC1. The quantitative estimate of drug-likeness (QED) is 0.708. The standard InChI is InChI=1S/C23H25FN4O2/c1-2-21-26-20-9-4-3-8-19(20)22(29)28(21)15-16-10-12-27(13-11-16)23(30)25-18-7-5-6-17(24)14-18/h3-9,14,16H,2,10-13,15H2,1H3,(H,25,30). The number of amides is 2. The highest BCUT2D eigenvalue weighted by Gasteiger charge is 2.24. The second kappa shape index (κ2) is 8.65. The van der Waals surface area contributed by atoms with Crippen molar-refractivity contribution in [1.29, 1.82) is 0 Å². The zero-order chi connectivity index (χ0) is 21.1. The van der Waals surface area contributed by atoms with Crippen molar-refractivity contribution < 1.29 is 9.18 Å². The van der Waals surface area contributed by atoms with Gasteiger partial charge in [-0.1, -0.05) is 25.1 Å². The van der Waals surface area contributed by atoms with Crippen LogP contribution in [0, 0.1) is 11.7 Å². The number of aryl methyl sites for hydroxylation is 1. The van der Waals surface area contributed by atoms with Gasteiger partial charge >= 0.3 is 6.03 Å². The number of nitrogens with one attached hydrogen (secondary N) is 1. The van der Waals surface area contributed by atoms with Crippen LogP contribution in [0.15, 0.2) is 53.3 Å². The smallest absolute Gasteiger partial charge is 0.321 e. The van der Waals surface area contributed by atoms with Crippen molar-refractivity contribution in [2.45, 2.75) is 32.7 Å². The third-order valence-corrected chi connectivity index (χ3v) is 5.68. The van der Waals surface area contributed by atoms with Crippen LogP contribution in [-0.4, -0.2) is 33.6 Å². The highest BCUT2D eigenvalue weighted by atomic mass is 19.1. The van der Waals surface area contributed by atoms with Gasteiger partial charge in [0.15, 0.2) is 0 Å². The lowest BCUT2D eigenvalue weighted by Gasteiger charge is -2.32. The number of halogens is 1. The minimum atomic E-state index is -0.382. The van der Waals surface area contributed by atoms with Gasteiger partial charge in [0, 0.05) is 31.7 Å². The monoisotopic (exact) mass is 408 g/mol. The number of hydrogen-bond acceptors (Lipinski definition) is 3. The number of rotatable bonds is 4. The number of likely N-dealkylation sites (tertiary alicyclic amines) is 1. The van der Waals surface area contributed by atoms with E-state index in [1.807, 2.05) is 31.2 Å². The third-order valence-electron chi connectivity index (χ3n) is 5.68. The predicted octanol–water partition coefficient (Wildman–Crippen LogP) is 4.04. The van der Waals surface area contributed by atoms with E-state index in [0.29, 0.717) is 43.0 Å². The van der Waals surface area contributed by atoms with E-state index in [2.05, 4.69) is 10.3 Å². The molecule has 0 radical (unpaired) electrons. The van der Waals surface area contributed by atoms with E-state index in [4.69, 9.17) is 0 Å². The van der Waals surface area contributed by atoms with Gasteiger partial charge in [-0.25, -0.2) is 14.2 Å². The Morgan fingerprint density at radius 3 is 2.67 bits per heavy atom. The summed E-state index contributed by atoms with van der Waals surface area (Å²) in [4.78, 5) is 31.9. The Morgan fingerprint density at radius 2 is 1.93 bits per heavy atom. The molecule has 6 nitrogen and oxygen atoms in total. The molecule has 0 spiro atoms. The number of anilines is 1. The summed E-state index contributed by atoms with van der Waals surface area (Å²) in [6, 6.07) is 13.1. The van der Waals surface area contributed by atoms with Crippen LogP contribution >= 0.6 is 0 Å². The van der Waals surface area contributed by atoms with Crippen molar-refractivity contribution in [2.75, 3.05) is 18.4 Å². The average Bonchev–Trinajstić information content (AvgIpc) is 2.76. The van der Waals surface area contributed by atoms with Crippen LogP contribution in [0.25, 0.3) is 10.9 Å². The Kier molecular flexibility index (Phi) is 5.79. The van der Waals surface area contributed by atoms with Crippen molar-refractivity contribution in [3.05, 3.63) is 70.5 Å². The molecule has 1 saturated heterocycles. The molecule has 2 aromatic carbocycles. The molecule has 1 aliphatic rings. The summed E-state index contributed by atoms with van der Waals surface area (Å²) in [7, 11) is 0. The molecule has 3 aromatic rings. The van der Waals surface area contributed by atoms with E-state index in [9.17, 15) is 14.0 Å². The summed E-state index contributed by atoms with van der Waals surface area (Å²) in [5, 5.41) is 3.39. The van der Waals surface area contributed by atoms with Crippen molar-refractivity contribution >= 4 is 22.6 Å². The molecular weight excluding hydrogens is 383 g/mol. The van der Waals surface area contributed by atoms with Crippen LogP contribution < -0.4 is 10.9 Å². The zero-order valence-corrected chi connectivity index (χ0v) is 17.0. The largest absolute Gasteiger partial charge is 0.325 e. The van der Waals surface area contributed by atoms with Gasteiger partial charge in [0.25, 0.3) is 5.56 Å². The molecule has 0 unspecified atom stereocenters. The highest BCUT2D eigenvalue weighted by Crippen LogP contribution is 2.21. The third kappa shape index (κ3) is 4.20. The molecule has 1 aliphatic heterocycles. The van der Waals surface area contributed by atoms with Crippen LogP contribution in [0.5, 0.6) is 0 Å². The summed E-state index contributed by atoms with van der Waals surface area (Å²) < 4.78 is 15.1. The molecule has 2 heterocycles. The Balaban J connectivity index is 1.42. The van der Waals surface area contributed by atoms with Gasteiger partial charge in [-0.15, -0.1) is 0 Å². The van der Waals surface area contributed by atoms with Gasteiger partial charge in [-0.2, -0.15) is 0 Å². The van der Waals surface area contributed by atoms with E-state index < -0.39 is 0 Å². The van der Waals surface area contributed by atoms with Crippen LogP contribution in [0.1, 0.15) is 25.6 Å². The van der Waals surface area contributed by atoms with Gasteiger partial charge in [0.1, 0.15) is 11.6 Å². The van der Waals surface area contributed by atoms with Crippen LogP contribution in [0.3, 0.4) is 0 Å². The van der Waals surface area contributed by atoms with E-state index in [-0.39, 0.29) is 17.4 Å². The molecule has 2 amide bonds. The second-order valence-electron chi connectivity index (χ2n) is 7.69. The summed E-state index contributed by atoms with van der Waals surface area (Å²) in [6.07, 6.45) is 2.30. The van der Waals surface area contributed by atoms with Gasteiger partial charge in [0.05, 0.1) is 10.9 Å². The normalized spacial score (nSPS) is 14.8. The van der Waals surface area contributed by atoms with E-state index in [0.717, 1.165) is 24.2 Å². The fourth-order valence-electron chi connectivity index (χ4n) is 4.02. The maximum atomic E-state index is 13.3. The second-order valence-corrected chi connectivity index (χ2v) is 7.69. The number of fused-ring (bicyclic) bond motifs is 1. The lowest BCUT2D eigenvalue weighted by molar-refractivity contribution is 0.176. The fraction of sp³-hybridized carbons (Fsp3) is 0.348. The molecule has 0 bridgehead atoms. The molecule has 1 fully saturated rings. The number of urea groups is 1. The number of aromatic nitrogens is 2. The topological polar surface area (TPSA) is 67.2 Å². The average molecular weight is 408 g/mol. The first-order chi connectivity index (χ1) is 14.5. The van der Waals surface area contributed by atoms with Crippen LogP contribution in [-0.2, 0) is 13.0 Å². The van der Waals surface area contributed by atoms with E-state index >= 15 is 0 Å². The summed E-state index contributed by atoms with van der Waals surface area (Å²) in [5.41, 5.74) is 1.19. The Labute approximate surface area is 174 Å². The first-order valence-electron chi connectivity index (χ1n) is 10.3. The predicted molar refractivity (Wildman–Crippen MR) is 115 cm³/mol. The molecule has 30 heavy (non-hydrogen) atoms. The number of carbonyl (C=O) groups excluding carboxylic acids is 1. The molecule has 156 valence electrons. The maximum Gasteiger partial charge on any atom is 0.321 e. The molecule has 0 atom stereocenters. The molecule has 1 N–H and O–H groups in total. The van der Waals surface area contributed by atoms with Gasteiger partial charge < -0.3 is 10.2 Å². The minimum Gasteiger partial charge on any atom is -0.325 e. The van der Waals surface area contributed by atoms with Gasteiger partial charge in [-0.3, -0.25) is 9.36 Å². The number of benzene rings is 2. The molecular formula is C23H25FN4O2. The molecule has 0 aliphatic carbocycles. The van der Waals surface area contributed by atoms with Crippen LogP contribution in [0.4, 0.5) is 14.9 Å². The number of nitrogens with zero attached hydrogens (tertiary/aromatic N) is 3. The zero-order valence-electron chi connectivity index (χ0n) is 17.0. The van der Waals surface area contributed by atoms with Crippen molar-refractivity contribution in [1.82, 2.24) is 14.5 Å². The molecule has 1 aromatic heterocycles. The summed E-state index contributed by atoms with van der Waals surface area (Å²) in [5.74, 6) is 0.715. The van der Waals surface area contributed by atoms with E-state index in [1.54, 1.807) is 21.6 Å². The van der Waals surface area contributed by atoms with E-state index in [1.165, 1.54) is 12.1 Å². The van der Waals surface area contributed by atoms with Crippen molar-refractivity contribution in [3.8, 4) is 0 Å². The first-order valence-corrected chi connectivity index (χ1v) is 10.3. The molecule has 0 saturated carbocycles. The Hall–Kier alpha value is -3.22. The molecule has 7 heteroatoms. The molecule has 4 rings (SSSR count). The van der Waals surface area contributed by atoms with Crippen molar-refractivity contribution in [3.63, 3.8) is 0 Å². The minimum absolute atomic E-state index is 0.00345.